The molecule has 1 heterocycles. The van der Waals surface area contributed by atoms with Crippen LogP contribution in [0, 0.1) is 5.82 Å². The highest BCUT2D eigenvalue weighted by Gasteiger charge is 2.22. The van der Waals surface area contributed by atoms with Crippen LogP contribution in [0.1, 0.15) is 29.0 Å². The predicted octanol–water partition coefficient (Wildman–Crippen LogP) is 3.50. The number of hydrogen-bond acceptors (Lipinski definition) is 2. The van der Waals surface area contributed by atoms with E-state index in [1.165, 1.54) is 17.7 Å². The van der Waals surface area contributed by atoms with Gasteiger partial charge in [0.1, 0.15) is 11.6 Å². The second-order valence-electron chi connectivity index (χ2n) is 5.51. The van der Waals surface area contributed by atoms with Gasteiger partial charge in [-0.15, -0.1) is 0 Å². The summed E-state index contributed by atoms with van der Waals surface area (Å²) in [7, 11) is 2.08. The highest BCUT2D eigenvalue weighted by molar-refractivity contribution is 5.42. The highest BCUT2D eigenvalue weighted by Crippen LogP contribution is 2.35. The van der Waals surface area contributed by atoms with Gasteiger partial charge in [-0.25, -0.2) is 4.39 Å². The molecule has 1 unspecified atom stereocenters. The van der Waals surface area contributed by atoms with Crippen molar-refractivity contribution in [1.29, 1.82) is 0 Å². The maximum Gasteiger partial charge on any atom is 0.123 e. The fraction of sp³-hybridized carbons (Fsp3) is 0.294. The maximum atomic E-state index is 13.1. The normalized spacial score (nSPS) is 19.4. The fourth-order valence-corrected chi connectivity index (χ4v) is 2.99. The van der Waals surface area contributed by atoms with Crippen molar-refractivity contribution < 1.29 is 9.50 Å². The van der Waals surface area contributed by atoms with Crippen LogP contribution >= 0.6 is 0 Å². The molecule has 0 spiro atoms. The molecule has 2 aromatic rings. The van der Waals surface area contributed by atoms with Gasteiger partial charge < -0.3 is 10.0 Å². The number of benzene rings is 2. The van der Waals surface area contributed by atoms with Crippen molar-refractivity contribution in [2.45, 2.75) is 18.9 Å². The Balaban J connectivity index is 2.05. The minimum atomic E-state index is -0.203. The van der Waals surface area contributed by atoms with Crippen molar-refractivity contribution in [1.82, 2.24) is 4.90 Å². The Morgan fingerprint density at radius 1 is 1.15 bits per heavy atom. The summed E-state index contributed by atoms with van der Waals surface area (Å²) in [4.78, 5) is 2.25. The van der Waals surface area contributed by atoms with Crippen LogP contribution in [0.25, 0.3) is 0 Å². The molecule has 0 amide bonds. The van der Waals surface area contributed by atoms with Gasteiger partial charge in [-0.1, -0.05) is 18.2 Å². The van der Waals surface area contributed by atoms with Gasteiger partial charge in [-0.05, 0) is 61.0 Å². The number of nitrogens with zero attached hydrogens (tertiary/aromatic N) is 1. The van der Waals surface area contributed by atoms with Gasteiger partial charge in [-0.2, -0.15) is 0 Å². The summed E-state index contributed by atoms with van der Waals surface area (Å²) in [5.41, 5.74) is 3.52. The largest absolute Gasteiger partial charge is 0.508 e. The summed E-state index contributed by atoms with van der Waals surface area (Å²) in [5, 5.41) is 9.69. The average Bonchev–Trinajstić information content (AvgIpc) is 2.58. The molecule has 1 atom stereocenters. The quantitative estimate of drug-likeness (QED) is 0.858. The lowest BCUT2D eigenvalue weighted by molar-refractivity contribution is 0.328. The van der Waals surface area contributed by atoms with Crippen molar-refractivity contribution in [3.8, 4) is 5.75 Å². The molecule has 1 N–H and O–H groups in total. The van der Waals surface area contributed by atoms with Crippen LogP contribution < -0.4 is 0 Å². The first-order valence-corrected chi connectivity index (χ1v) is 6.89. The summed E-state index contributed by atoms with van der Waals surface area (Å²) < 4.78 is 13.1. The lowest BCUT2D eigenvalue weighted by Crippen LogP contribution is -2.17. The van der Waals surface area contributed by atoms with Crippen LogP contribution in [0.4, 0.5) is 4.39 Å². The molecule has 0 radical (unpaired) electrons. The van der Waals surface area contributed by atoms with Crippen molar-refractivity contribution in [3.63, 3.8) is 0 Å². The Bertz CT molecular complexity index is 609. The molecule has 0 bridgehead atoms. The van der Waals surface area contributed by atoms with E-state index in [2.05, 4.69) is 11.9 Å². The third-order valence-corrected chi connectivity index (χ3v) is 4.01. The lowest BCUT2D eigenvalue weighted by atomic mass is 9.86. The Morgan fingerprint density at radius 3 is 2.65 bits per heavy atom. The predicted molar refractivity (Wildman–Crippen MR) is 77.3 cm³/mol. The highest BCUT2D eigenvalue weighted by atomic mass is 19.1. The summed E-state index contributed by atoms with van der Waals surface area (Å²) in [6.45, 7) is 1.82. The van der Waals surface area contributed by atoms with Crippen LogP contribution in [0.3, 0.4) is 0 Å². The smallest absolute Gasteiger partial charge is 0.123 e. The zero-order valence-electron chi connectivity index (χ0n) is 11.5. The molecule has 104 valence electrons. The monoisotopic (exact) mass is 271 g/mol. The molecule has 3 rings (SSSR count). The Kier molecular flexibility index (Phi) is 3.45. The molecular formula is C17H18FNO. The van der Waals surface area contributed by atoms with E-state index < -0.39 is 0 Å². The number of phenols is 1. The minimum absolute atomic E-state index is 0.203. The van der Waals surface area contributed by atoms with Crippen LogP contribution in [-0.2, 0) is 6.54 Å². The van der Waals surface area contributed by atoms with Crippen molar-refractivity contribution in [2.24, 2.45) is 0 Å². The van der Waals surface area contributed by atoms with Crippen LogP contribution in [-0.4, -0.2) is 23.6 Å². The second kappa shape index (κ2) is 5.25. The number of halogens is 1. The first kappa shape index (κ1) is 13.1. The van der Waals surface area contributed by atoms with Gasteiger partial charge in [0.2, 0.25) is 0 Å². The molecular weight excluding hydrogens is 253 g/mol. The van der Waals surface area contributed by atoms with Crippen molar-refractivity contribution in [2.75, 3.05) is 13.6 Å². The Morgan fingerprint density at radius 2 is 1.90 bits per heavy atom. The van der Waals surface area contributed by atoms with Gasteiger partial charge in [0.15, 0.2) is 0 Å². The van der Waals surface area contributed by atoms with E-state index >= 15 is 0 Å². The van der Waals surface area contributed by atoms with E-state index in [9.17, 15) is 9.50 Å². The molecule has 0 aromatic heterocycles. The molecule has 1 aliphatic heterocycles. The van der Waals surface area contributed by atoms with Crippen LogP contribution in [0.5, 0.6) is 5.75 Å². The lowest BCUT2D eigenvalue weighted by Gasteiger charge is -2.18. The van der Waals surface area contributed by atoms with Crippen molar-refractivity contribution in [3.05, 3.63) is 65.0 Å². The Hall–Kier alpha value is -1.87. The van der Waals surface area contributed by atoms with E-state index in [4.69, 9.17) is 0 Å². The molecule has 0 fully saturated rings. The van der Waals surface area contributed by atoms with E-state index in [0.717, 1.165) is 30.6 Å². The number of rotatable bonds is 1. The first-order valence-electron chi connectivity index (χ1n) is 6.89. The summed E-state index contributed by atoms with van der Waals surface area (Å²) in [5.74, 6) is 0.360. The number of phenolic OH excluding ortho intramolecular Hbond substituents is 1. The maximum absolute atomic E-state index is 13.1. The summed E-state index contributed by atoms with van der Waals surface area (Å²) in [6, 6.07) is 12.3. The zero-order valence-corrected chi connectivity index (χ0v) is 11.5. The molecule has 2 aromatic carbocycles. The second-order valence-corrected chi connectivity index (χ2v) is 5.51. The molecule has 1 aliphatic rings. The molecule has 3 heteroatoms. The molecule has 20 heavy (non-hydrogen) atoms. The SMILES string of the molecule is CN1CCC(c2ccc(F)cc2)c2ccc(O)cc2C1. The van der Waals surface area contributed by atoms with Gasteiger partial charge in [0.05, 0.1) is 0 Å². The molecule has 2 nitrogen and oxygen atoms in total. The first-order chi connectivity index (χ1) is 9.63. The number of aromatic hydroxyl groups is 1. The zero-order chi connectivity index (χ0) is 14.1. The van der Waals surface area contributed by atoms with Crippen LogP contribution in [0.2, 0.25) is 0 Å². The van der Waals surface area contributed by atoms with Gasteiger partial charge in [0.25, 0.3) is 0 Å². The average molecular weight is 271 g/mol. The third-order valence-electron chi connectivity index (χ3n) is 4.01. The molecule has 0 saturated carbocycles. The van der Waals surface area contributed by atoms with E-state index in [1.807, 2.05) is 24.3 Å². The Labute approximate surface area is 118 Å². The minimum Gasteiger partial charge on any atom is -0.508 e. The number of fused-ring (bicyclic) bond motifs is 1. The number of hydrogen-bond donors (Lipinski definition) is 1. The standard InChI is InChI=1S/C17H18FNO/c1-19-9-8-17(12-2-4-14(18)5-3-12)16-7-6-15(20)10-13(16)11-19/h2-7,10,17,20H,8-9,11H2,1H3. The van der Waals surface area contributed by atoms with E-state index in [1.54, 1.807) is 6.07 Å². The van der Waals surface area contributed by atoms with E-state index in [-0.39, 0.29) is 11.7 Å². The summed E-state index contributed by atoms with van der Waals surface area (Å²) >= 11 is 0. The van der Waals surface area contributed by atoms with E-state index in [0.29, 0.717) is 5.75 Å². The third kappa shape index (κ3) is 2.54. The fourth-order valence-electron chi connectivity index (χ4n) is 2.99. The summed E-state index contributed by atoms with van der Waals surface area (Å²) in [6.07, 6.45) is 1.000. The van der Waals surface area contributed by atoms with Crippen molar-refractivity contribution >= 4 is 0 Å². The topological polar surface area (TPSA) is 23.5 Å². The van der Waals surface area contributed by atoms with Gasteiger partial charge in [-0.3, -0.25) is 0 Å². The van der Waals surface area contributed by atoms with Gasteiger partial charge in [0, 0.05) is 12.5 Å². The molecule has 0 aliphatic carbocycles. The van der Waals surface area contributed by atoms with Crippen LogP contribution in [0.15, 0.2) is 42.5 Å². The van der Waals surface area contributed by atoms with Gasteiger partial charge >= 0.3 is 0 Å². The molecule has 0 saturated heterocycles.